The van der Waals surface area contributed by atoms with E-state index in [0.717, 1.165) is 5.56 Å². The van der Waals surface area contributed by atoms with Crippen LogP contribution >= 0.6 is 11.8 Å². The van der Waals surface area contributed by atoms with Crippen molar-refractivity contribution in [3.63, 3.8) is 0 Å². The van der Waals surface area contributed by atoms with Gasteiger partial charge in [0.2, 0.25) is 5.91 Å². The molecular formula is C26H28FN3O4S. The molecule has 0 radical (unpaired) electrons. The average molecular weight is 498 g/mol. The first kappa shape index (κ1) is 24.8. The summed E-state index contributed by atoms with van der Waals surface area (Å²) in [6.07, 6.45) is 0.112. The number of methoxy groups -OCH3 is 1. The monoisotopic (exact) mass is 497 g/mol. The molecule has 1 aliphatic heterocycles. The van der Waals surface area contributed by atoms with Crippen molar-refractivity contribution in [2.24, 2.45) is 13.0 Å². The summed E-state index contributed by atoms with van der Waals surface area (Å²) in [5, 5.41) is 3.23. The Balaban J connectivity index is 1.68. The van der Waals surface area contributed by atoms with Crippen molar-refractivity contribution in [2.75, 3.05) is 19.0 Å². The maximum atomic E-state index is 14.0. The van der Waals surface area contributed by atoms with E-state index in [1.165, 1.54) is 17.8 Å². The van der Waals surface area contributed by atoms with Crippen LogP contribution in [0.1, 0.15) is 42.9 Å². The van der Waals surface area contributed by atoms with Gasteiger partial charge in [-0.3, -0.25) is 9.59 Å². The van der Waals surface area contributed by atoms with Gasteiger partial charge in [-0.25, -0.2) is 4.39 Å². The van der Waals surface area contributed by atoms with Crippen LogP contribution in [-0.4, -0.2) is 29.2 Å². The third-order valence-electron chi connectivity index (χ3n) is 5.78. The lowest BCUT2D eigenvalue weighted by Crippen LogP contribution is -2.33. The zero-order valence-corrected chi connectivity index (χ0v) is 20.9. The predicted octanol–water partition coefficient (Wildman–Crippen LogP) is 4.73. The fourth-order valence-electron chi connectivity index (χ4n) is 3.98. The molecule has 2 aromatic carbocycles. The van der Waals surface area contributed by atoms with Crippen LogP contribution in [0.25, 0.3) is 0 Å². The summed E-state index contributed by atoms with van der Waals surface area (Å²) in [6.45, 7) is 4.66. The number of halogens is 1. The van der Waals surface area contributed by atoms with Gasteiger partial charge in [-0.2, -0.15) is 4.98 Å². The third-order valence-corrected chi connectivity index (χ3v) is 6.86. The SMILES string of the molecule is COc1cc([C@@H]2CC(=O)Nc3c2c(=O)nc(SCc2ccccc2F)n3C)ccc1OCC(C)C. The van der Waals surface area contributed by atoms with E-state index in [2.05, 4.69) is 24.1 Å². The molecule has 0 saturated carbocycles. The van der Waals surface area contributed by atoms with Crippen molar-refractivity contribution < 1.29 is 18.7 Å². The summed E-state index contributed by atoms with van der Waals surface area (Å²) in [6, 6.07) is 11.9. The van der Waals surface area contributed by atoms with Crippen LogP contribution in [0, 0.1) is 11.7 Å². The van der Waals surface area contributed by atoms with Gasteiger partial charge in [-0.15, -0.1) is 0 Å². The van der Waals surface area contributed by atoms with E-state index < -0.39 is 11.5 Å². The molecule has 1 amide bonds. The Morgan fingerprint density at radius 2 is 1.97 bits per heavy atom. The van der Waals surface area contributed by atoms with E-state index in [9.17, 15) is 14.0 Å². The summed E-state index contributed by atoms with van der Waals surface area (Å²) in [4.78, 5) is 30.1. The molecule has 7 nitrogen and oxygen atoms in total. The number of rotatable bonds is 8. The Morgan fingerprint density at radius 1 is 1.20 bits per heavy atom. The Kier molecular flexibility index (Phi) is 7.45. The standard InChI is InChI=1S/C26H28FN3O4S/c1-15(2)13-34-20-10-9-16(11-21(20)33-4)18-12-22(31)28-24-23(18)25(32)29-26(30(24)3)35-14-17-7-5-6-8-19(17)27/h5-11,15,18H,12-14H2,1-4H3,(H,28,31)/t18-/m0/s1. The highest BCUT2D eigenvalue weighted by molar-refractivity contribution is 7.98. The summed E-state index contributed by atoms with van der Waals surface area (Å²) in [5.41, 5.74) is 1.28. The number of aromatic nitrogens is 2. The van der Waals surface area contributed by atoms with E-state index in [-0.39, 0.29) is 18.1 Å². The van der Waals surface area contributed by atoms with E-state index in [4.69, 9.17) is 9.47 Å². The van der Waals surface area contributed by atoms with Crippen LogP contribution in [0.5, 0.6) is 11.5 Å². The molecule has 1 aliphatic rings. The minimum absolute atomic E-state index is 0.112. The van der Waals surface area contributed by atoms with Gasteiger partial charge in [-0.05, 0) is 35.2 Å². The summed E-state index contributed by atoms with van der Waals surface area (Å²) in [7, 11) is 3.30. The van der Waals surface area contributed by atoms with Crippen molar-refractivity contribution in [3.05, 3.63) is 75.3 Å². The van der Waals surface area contributed by atoms with Gasteiger partial charge in [0.15, 0.2) is 16.7 Å². The maximum Gasteiger partial charge on any atom is 0.279 e. The molecule has 0 bridgehead atoms. The number of nitrogens with one attached hydrogen (secondary N) is 1. The van der Waals surface area contributed by atoms with Crippen LogP contribution in [0.2, 0.25) is 0 Å². The number of hydrogen-bond acceptors (Lipinski definition) is 6. The van der Waals surface area contributed by atoms with Crippen LogP contribution in [0.3, 0.4) is 0 Å². The number of carbonyl (C=O) groups excluding carboxylic acids is 1. The van der Waals surface area contributed by atoms with Crippen LogP contribution in [0.4, 0.5) is 10.2 Å². The van der Waals surface area contributed by atoms with E-state index in [1.807, 2.05) is 12.1 Å². The lowest BCUT2D eigenvalue weighted by atomic mass is 9.86. The fourth-order valence-corrected chi connectivity index (χ4v) is 4.93. The molecule has 0 fully saturated rings. The van der Waals surface area contributed by atoms with Crippen molar-refractivity contribution in [1.29, 1.82) is 0 Å². The molecule has 0 unspecified atom stereocenters. The number of carbonyl (C=O) groups is 1. The molecule has 4 rings (SSSR count). The van der Waals surface area contributed by atoms with Gasteiger partial charge in [0.05, 0.1) is 19.3 Å². The maximum absolute atomic E-state index is 14.0. The zero-order chi connectivity index (χ0) is 25.1. The van der Waals surface area contributed by atoms with Gasteiger partial charge in [0.1, 0.15) is 11.6 Å². The Hall–Kier alpha value is -3.33. The highest BCUT2D eigenvalue weighted by Crippen LogP contribution is 2.39. The summed E-state index contributed by atoms with van der Waals surface area (Å²) in [5.74, 6) is 1.21. The molecule has 0 saturated heterocycles. The third kappa shape index (κ3) is 5.35. The second kappa shape index (κ2) is 10.5. The molecule has 3 aromatic rings. The number of hydrogen-bond donors (Lipinski definition) is 1. The highest BCUT2D eigenvalue weighted by atomic mass is 32.2. The van der Waals surface area contributed by atoms with Gasteiger partial charge in [0, 0.05) is 25.1 Å². The second-order valence-electron chi connectivity index (χ2n) is 8.82. The molecule has 1 aromatic heterocycles. The number of benzene rings is 2. The van der Waals surface area contributed by atoms with Crippen molar-refractivity contribution in [2.45, 2.75) is 37.1 Å². The molecule has 9 heteroatoms. The minimum atomic E-state index is -0.483. The number of nitrogens with zero attached hydrogens (tertiary/aromatic N) is 2. The predicted molar refractivity (Wildman–Crippen MR) is 134 cm³/mol. The van der Waals surface area contributed by atoms with Gasteiger partial charge >= 0.3 is 0 Å². The van der Waals surface area contributed by atoms with Crippen molar-refractivity contribution in [3.8, 4) is 11.5 Å². The molecule has 0 spiro atoms. The van der Waals surface area contributed by atoms with E-state index in [0.29, 0.717) is 51.9 Å². The lowest BCUT2D eigenvalue weighted by Gasteiger charge is -2.28. The first-order chi connectivity index (χ1) is 16.8. The van der Waals surface area contributed by atoms with Crippen LogP contribution in [0.15, 0.2) is 52.4 Å². The molecule has 2 heterocycles. The summed E-state index contributed by atoms with van der Waals surface area (Å²) >= 11 is 1.24. The Bertz CT molecular complexity index is 1310. The fraction of sp³-hybridized carbons (Fsp3) is 0.346. The van der Waals surface area contributed by atoms with Crippen LogP contribution in [-0.2, 0) is 17.6 Å². The van der Waals surface area contributed by atoms with E-state index >= 15 is 0 Å². The highest BCUT2D eigenvalue weighted by Gasteiger charge is 2.32. The molecule has 1 atom stereocenters. The van der Waals surface area contributed by atoms with Gasteiger partial charge in [-0.1, -0.05) is 49.9 Å². The Morgan fingerprint density at radius 3 is 2.69 bits per heavy atom. The second-order valence-corrected chi connectivity index (χ2v) is 9.76. The molecule has 1 N–H and O–H groups in total. The topological polar surface area (TPSA) is 82.5 Å². The molecule has 0 aliphatic carbocycles. The number of anilines is 1. The van der Waals surface area contributed by atoms with E-state index in [1.54, 1.807) is 43.0 Å². The lowest BCUT2D eigenvalue weighted by molar-refractivity contribution is -0.116. The smallest absolute Gasteiger partial charge is 0.279 e. The zero-order valence-electron chi connectivity index (χ0n) is 20.1. The van der Waals surface area contributed by atoms with Crippen LogP contribution < -0.4 is 20.3 Å². The summed E-state index contributed by atoms with van der Waals surface area (Å²) < 4.78 is 27.1. The first-order valence-corrected chi connectivity index (χ1v) is 12.3. The van der Waals surface area contributed by atoms with Crippen molar-refractivity contribution >= 4 is 23.5 Å². The van der Waals surface area contributed by atoms with Gasteiger partial charge < -0.3 is 19.4 Å². The Labute approximate surface area is 207 Å². The number of fused-ring (bicyclic) bond motifs is 1. The molecular weight excluding hydrogens is 469 g/mol. The minimum Gasteiger partial charge on any atom is -0.493 e. The van der Waals surface area contributed by atoms with Gasteiger partial charge in [0.25, 0.3) is 5.56 Å². The number of thioether (sulfide) groups is 1. The number of amides is 1. The number of ether oxygens (including phenoxy) is 2. The average Bonchev–Trinajstić information content (AvgIpc) is 2.84. The molecule has 35 heavy (non-hydrogen) atoms. The largest absolute Gasteiger partial charge is 0.493 e. The quantitative estimate of drug-likeness (QED) is 0.358. The molecule has 184 valence electrons. The first-order valence-electron chi connectivity index (χ1n) is 11.4. The van der Waals surface area contributed by atoms with Crippen molar-refractivity contribution in [1.82, 2.24) is 9.55 Å². The normalized spacial score (nSPS) is 15.0.